The number of aryl methyl sites for hydroxylation is 1. The number of anilines is 1. The summed E-state index contributed by atoms with van der Waals surface area (Å²) in [7, 11) is 0. The van der Waals surface area contributed by atoms with E-state index in [-0.39, 0.29) is 23.3 Å². The van der Waals surface area contributed by atoms with E-state index in [4.69, 9.17) is 4.98 Å². The van der Waals surface area contributed by atoms with E-state index in [1.807, 2.05) is 54.3 Å². The predicted molar refractivity (Wildman–Crippen MR) is 142 cm³/mol. The number of rotatable bonds is 5. The second-order valence-electron chi connectivity index (χ2n) is 9.87. The smallest absolute Gasteiger partial charge is 0.268 e. The number of hydrogen-bond donors (Lipinski definition) is 1. The summed E-state index contributed by atoms with van der Waals surface area (Å²) in [6, 6.07) is 16.0. The lowest BCUT2D eigenvalue weighted by molar-refractivity contribution is -0.125. The van der Waals surface area contributed by atoms with Crippen molar-refractivity contribution in [2.45, 2.75) is 32.2 Å². The van der Waals surface area contributed by atoms with E-state index in [0.29, 0.717) is 10.8 Å². The second-order valence-corrected chi connectivity index (χ2v) is 11.0. The molecule has 0 atom stereocenters. The molecule has 8 heteroatoms. The van der Waals surface area contributed by atoms with Crippen LogP contribution in [0.3, 0.4) is 0 Å². The Morgan fingerprint density at radius 1 is 1.19 bits per heavy atom. The molecule has 6 rings (SSSR count). The van der Waals surface area contributed by atoms with Crippen LogP contribution in [-0.2, 0) is 4.79 Å². The first-order valence-corrected chi connectivity index (χ1v) is 13.0. The molecule has 4 heterocycles. The summed E-state index contributed by atoms with van der Waals surface area (Å²) < 4.78 is 2.18. The van der Waals surface area contributed by atoms with E-state index in [2.05, 4.69) is 27.5 Å². The summed E-state index contributed by atoms with van der Waals surface area (Å²) in [6.07, 6.45) is 6.11. The summed E-state index contributed by atoms with van der Waals surface area (Å²) >= 11 is 1.46. The zero-order valence-electron chi connectivity index (χ0n) is 20.1. The third-order valence-electron chi connectivity index (χ3n) is 7.46. The molecule has 2 amide bonds. The van der Waals surface area contributed by atoms with Crippen LogP contribution in [0.25, 0.3) is 21.5 Å². The topological polar surface area (TPSA) is 80.1 Å². The van der Waals surface area contributed by atoms with Crippen molar-refractivity contribution in [3.8, 4) is 10.4 Å². The van der Waals surface area contributed by atoms with Crippen molar-refractivity contribution in [1.82, 2.24) is 19.4 Å². The first-order chi connectivity index (χ1) is 17.4. The van der Waals surface area contributed by atoms with Gasteiger partial charge in [0.15, 0.2) is 0 Å². The molecule has 0 unspecified atom stereocenters. The van der Waals surface area contributed by atoms with E-state index >= 15 is 0 Å². The van der Waals surface area contributed by atoms with Crippen molar-refractivity contribution in [2.24, 2.45) is 5.41 Å². The van der Waals surface area contributed by atoms with Crippen molar-refractivity contribution < 1.29 is 9.59 Å². The van der Waals surface area contributed by atoms with Gasteiger partial charge in [0.25, 0.3) is 5.91 Å². The second kappa shape index (κ2) is 8.71. The highest BCUT2D eigenvalue weighted by Gasteiger charge is 2.50. The normalized spacial score (nSPS) is 21.0. The van der Waals surface area contributed by atoms with Crippen LogP contribution in [0.15, 0.2) is 67.4 Å². The minimum Gasteiger partial charge on any atom is -0.339 e. The Balaban J connectivity index is 1.24. The van der Waals surface area contributed by atoms with Gasteiger partial charge in [-0.05, 0) is 79.6 Å². The minimum absolute atomic E-state index is 0.00796. The van der Waals surface area contributed by atoms with Crippen LogP contribution in [0.5, 0.6) is 0 Å². The standard InChI is InChI=1S/C28H27N5O2S/c1-3-25(34)32-13-11-28(17-32)15-20(16-28)33-22-7-5-4-6-21(22)30-27(33)31-26(35)24-9-8-23(36-24)19-10-12-29-18(2)14-19/h3-10,12,14,20H,1,11,13,15-17H2,2H3,(H,30,31,35). The number of carbonyl (C=O) groups excluding carboxylic acids is 2. The molecule has 1 aliphatic heterocycles. The number of fused-ring (bicyclic) bond motifs is 1. The Labute approximate surface area is 213 Å². The first kappa shape index (κ1) is 22.7. The predicted octanol–water partition coefficient (Wildman–Crippen LogP) is 5.46. The Morgan fingerprint density at radius 2 is 2.03 bits per heavy atom. The average Bonchev–Trinajstić information content (AvgIpc) is 3.59. The zero-order chi connectivity index (χ0) is 24.9. The number of benzene rings is 1. The molecule has 1 saturated carbocycles. The van der Waals surface area contributed by atoms with Crippen molar-refractivity contribution in [1.29, 1.82) is 0 Å². The maximum Gasteiger partial charge on any atom is 0.268 e. The summed E-state index contributed by atoms with van der Waals surface area (Å²) in [5.41, 5.74) is 4.02. The van der Waals surface area contributed by atoms with Gasteiger partial charge >= 0.3 is 0 Å². The van der Waals surface area contributed by atoms with Crippen molar-refractivity contribution in [3.63, 3.8) is 0 Å². The molecule has 0 bridgehead atoms. The zero-order valence-corrected chi connectivity index (χ0v) is 20.9. The SMILES string of the molecule is C=CC(=O)N1CCC2(CC(n3c(NC(=O)c4ccc(-c5ccnc(C)c5)s4)nc4ccccc43)C2)C1. The number of thiophene rings is 1. The van der Waals surface area contributed by atoms with E-state index < -0.39 is 0 Å². The Morgan fingerprint density at radius 3 is 2.83 bits per heavy atom. The van der Waals surface area contributed by atoms with Crippen molar-refractivity contribution >= 4 is 40.1 Å². The average molecular weight is 498 g/mol. The molecule has 1 aromatic carbocycles. The molecule has 1 spiro atoms. The molecule has 2 fully saturated rings. The van der Waals surface area contributed by atoms with Crippen LogP contribution >= 0.6 is 11.3 Å². The molecule has 182 valence electrons. The molecule has 1 saturated heterocycles. The number of likely N-dealkylation sites (tertiary alicyclic amines) is 1. The monoisotopic (exact) mass is 497 g/mol. The Bertz CT molecular complexity index is 1500. The molecule has 3 aromatic heterocycles. The van der Waals surface area contributed by atoms with Gasteiger partial charge in [0.2, 0.25) is 11.9 Å². The van der Waals surface area contributed by atoms with Crippen molar-refractivity contribution in [3.05, 3.63) is 78.0 Å². The van der Waals surface area contributed by atoms with Gasteiger partial charge in [0, 0.05) is 35.9 Å². The number of aromatic nitrogens is 3. The van der Waals surface area contributed by atoms with Crippen LogP contribution in [0.1, 0.15) is 40.7 Å². The van der Waals surface area contributed by atoms with Gasteiger partial charge < -0.3 is 9.47 Å². The number of hydrogen-bond acceptors (Lipinski definition) is 5. The Hall–Kier alpha value is -3.78. The fraction of sp³-hybridized carbons (Fsp3) is 0.286. The van der Waals surface area contributed by atoms with Gasteiger partial charge in [-0.15, -0.1) is 11.3 Å². The number of nitrogens with one attached hydrogen (secondary N) is 1. The van der Waals surface area contributed by atoms with Crippen LogP contribution in [-0.4, -0.2) is 44.3 Å². The van der Waals surface area contributed by atoms with Gasteiger partial charge in [0.1, 0.15) is 0 Å². The largest absolute Gasteiger partial charge is 0.339 e. The molecule has 2 aliphatic rings. The van der Waals surface area contributed by atoms with Gasteiger partial charge in [-0.2, -0.15) is 0 Å². The highest BCUT2D eigenvalue weighted by molar-refractivity contribution is 7.17. The van der Waals surface area contributed by atoms with Gasteiger partial charge in [-0.3, -0.25) is 19.9 Å². The van der Waals surface area contributed by atoms with Gasteiger partial charge in [0.05, 0.1) is 15.9 Å². The summed E-state index contributed by atoms with van der Waals surface area (Å²) in [5.74, 6) is 0.424. The molecule has 0 radical (unpaired) electrons. The molecule has 7 nitrogen and oxygen atoms in total. The van der Waals surface area contributed by atoms with Gasteiger partial charge in [-0.25, -0.2) is 4.98 Å². The lowest BCUT2D eigenvalue weighted by Crippen LogP contribution is -2.42. The molecular formula is C28H27N5O2S. The van der Waals surface area contributed by atoms with Gasteiger partial charge in [-0.1, -0.05) is 18.7 Å². The highest BCUT2D eigenvalue weighted by Crippen LogP contribution is 2.55. The third kappa shape index (κ3) is 3.91. The molecule has 36 heavy (non-hydrogen) atoms. The van der Waals surface area contributed by atoms with Crippen LogP contribution in [0, 0.1) is 12.3 Å². The van der Waals surface area contributed by atoms with E-state index in [1.165, 1.54) is 17.4 Å². The Kier molecular flexibility index (Phi) is 5.48. The van der Waals surface area contributed by atoms with E-state index in [1.54, 1.807) is 6.20 Å². The molecular weight excluding hydrogens is 470 g/mol. The maximum absolute atomic E-state index is 13.3. The summed E-state index contributed by atoms with van der Waals surface area (Å²) in [5, 5.41) is 3.09. The van der Waals surface area contributed by atoms with Crippen molar-refractivity contribution in [2.75, 3.05) is 18.4 Å². The number of para-hydroxylation sites is 2. The number of carbonyl (C=O) groups is 2. The number of pyridine rings is 1. The number of nitrogens with zero attached hydrogens (tertiary/aromatic N) is 4. The van der Waals surface area contributed by atoms with Crippen LogP contribution in [0.2, 0.25) is 0 Å². The lowest BCUT2D eigenvalue weighted by atomic mass is 9.65. The number of amides is 2. The fourth-order valence-electron chi connectivity index (χ4n) is 5.69. The summed E-state index contributed by atoms with van der Waals surface area (Å²) in [6.45, 7) is 7.14. The van der Waals surface area contributed by atoms with E-state index in [9.17, 15) is 9.59 Å². The van der Waals surface area contributed by atoms with E-state index in [0.717, 1.165) is 59.5 Å². The summed E-state index contributed by atoms with van der Waals surface area (Å²) in [4.78, 5) is 38.0. The first-order valence-electron chi connectivity index (χ1n) is 12.2. The number of imidazole rings is 1. The molecule has 1 N–H and O–H groups in total. The molecule has 4 aromatic rings. The van der Waals surface area contributed by atoms with Crippen LogP contribution in [0.4, 0.5) is 5.95 Å². The highest BCUT2D eigenvalue weighted by atomic mass is 32.1. The third-order valence-corrected chi connectivity index (χ3v) is 8.59. The quantitative estimate of drug-likeness (QED) is 0.371. The minimum atomic E-state index is -0.161. The fourth-order valence-corrected chi connectivity index (χ4v) is 6.58. The molecule has 1 aliphatic carbocycles. The lowest BCUT2D eigenvalue weighted by Gasteiger charge is -2.46. The van der Waals surface area contributed by atoms with Crippen LogP contribution < -0.4 is 5.32 Å². The maximum atomic E-state index is 13.3.